The van der Waals surface area contributed by atoms with Gasteiger partial charge in [-0.1, -0.05) is 30.0 Å². The van der Waals surface area contributed by atoms with E-state index in [9.17, 15) is 9.90 Å². The van der Waals surface area contributed by atoms with E-state index in [0.717, 1.165) is 20.8 Å². The summed E-state index contributed by atoms with van der Waals surface area (Å²) in [5.74, 6) is -0.268. The number of thiophene rings is 1. The number of aromatic carboxylic acids is 1. The van der Waals surface area contributed by atoms with E-state index in [-0.39, 0.29) is 0 Å². The smallest absolute Gasteiger partial charge is 0.346 e. The number of aromatic nitrogens is 2. The first-order valence-electron chi connectivity index (χ1n) is 5.61. The molecule has 4 nitrogen and oxygen atoms in total. The molecular formula is C13H10N2O2S2. The second kappa shape index (κ2) is 5.07. The topological polar surface area (TPSA) is 66.0 Å². The maximum Gasteiger partial charge on any atom is 0.346 e. The summed E-state index contributed by atoms with van der Waals surface area (Å²) in [6.07, 6.45) is 3.44. The molecule has 96 valence electrons. The Kier molecular flexibility index (Phi) is 3.27. The number of H-pyrrole nitrogens is 1. The van der Waals surface area contributed by atoms with Crippen LogP contribution < -0.4 is 0 Å². The maximum absolute atomic E-state index is 11.3. The third-order valence-electron chi connectivity index (χ3n) is 2.72. The van der Waals surface area contributed by atoms with Gasteiger partial charge in [0.2, 0.25) is 0 Å². The lowest BCUT2D eigenvalue weighted by Crippen LogP contribution is -1.96. The quantitative estimate of drug-likeness (QED) is 0.720. The van der Waals surface area contributed by atoms with Gasteiger partial charge < -0.3 is 10.1 Å². The van der Waals surface area contributed by atoms with Gasteiger partial charge in [-0.15, -0.1) is 11.3 Å². The number of carboxylic acids is 1. The summed E-state index contributed by atoms with van der Waals surface area (Å²) >= 11 is 2.83. The Balaban J connectivity index is 2.00. The van der Waals surface area contributed by atoms with Crippen molar-refractivity contribution in [3.05, 3.63) is 47.1 Å². The Hall–Kier alpha value is -1.79. The molecule has 19 heavy (non-hydrogen) atoms. The summed E-state index contributed by atoms with van der Waals surface area (Å²) in [7, 11) is 0. The molecule has 2 heterocycles. The molecule has 1 aromatic carbocycles. The minimum Gasteiger partial charge on any atom is -0.477 e. The van der Waals surface area contributed by atoms with Crippen LogP contribution in [0, 0.1) is 0 Å². The van der Waals surface area contributed by atoms with E-state index in [4.69, 9.17) is 0 Å². The molecule has 3 rings (SSSR count). The van der Waals surface area contributed by atoms with Gasteiger partial charge in [0.25, 0.3) is 0 Å². The summed E-state index contributed by atoms with van der Waals surface area (Å²) < 4.78 is 1.01. The number of benzene rings is 1. The number of nitrogens with zero attached hydrogens (tertiary/aromatic N) is 1. The van der Waals surface area contributed by atoms with Gasteiger partial charge in [0.1, 0.15) is 4.88 Å². The highest BCUT2D eigenvalue weighted by atomic mass is 32.2. The van der Waals surface area contributed by atoms with E-state index < -0.39 is 5.97 Å². The van der Waals surface area contributed by atoms with Crippen LogP contribution in [0.5, 0.6) is 0 Å². The molecular weight excluding hydrogens is 280 g/mol. The molecule has 6 heteroatoms. The average molecular weight is 290 g/mol. The molecule has 0 saturated carbocycles. The van der Waals surface area contributed by atoms with Crippen LogP contribution >= 0.6 is 23.1 Å². The predicted molar refractivity (Wildman–Crippen MR) is 76.9 cm³/mol. The van der Waals surface area contributed by atoms with Crippen LogP contribution in [0.1, 0.15) is 15.2 Å². The number of hydrogen-bond acceptors (Lipinski definition) is 4. The summed E-state index contributed by atoms with van der Waals surface area (Å²) in [6, 6.07) is 7.78. The molecule has 2 N–H and O–H groups in total. The summed E-state index contributed by atoms with van der Waals surface area (Å²) in [5.41, 5.74) is 0.870. The summed E-state index contributed by atoms with van der Waals surface area (Å²) in [4.78, 5) is 18.9. The minimum atomic E-state index is -0.865. The number of nitrogens with one attached hydrogen (secondary N) is 1. The average Bonchev–Trinajstić information content (AvgIpc) is 3.03. The second-order valence-electron chi connectivity index (χ2n) is 3.89. The van der Waals surface area contributed by atoms with Crippen molar-refractivity contribution in [2.45, 2.75) is 10.9 Å². The Morgan fingerprint density at radius 2 is 2.26 bits per heavy atom. The van der Waals surface area contributed by atoms with Crippen LogP contribution in [0.25, 0.3) is 10.1 Å². The molecule has 0 unspecified atom stereocenters. The van der Waals surface area contributed by atoms with Crippen LogP contribution in [0.3, 0.4) is 0 Å². The first kappa shape index (κ1) is 12.3. The SMILES string of the molecule is O=C(O)c1sc2ccccc2c1CSc1ncc[nH]1. The molecule has 0 spiro atoms. The van der Waals surface area contributed by atoms with Gasteiger partial charge in [-0.05, 0) is 17.0 Å². The second-order valence-corrected chi connectivity index (χ2v) is 5.91. The molecule has 0 aliphatic rings. The van der Waals surface area contributed by atoms with Gasteiger partial charge in [0.15, 0.2) is 5.16 Å². The van der Waals surface area contributed by atoms with Crippen molar-refractivity contribution in [2.75, 3.05) is 0 Å². The molecule has 0 atom stereocenters. The van der Waals surface area contributed by atoms with Crippen molar-refractivity contribution < 1.29 is 9.90 Å². The highest BCUT2D eigenvalue weighted by molar-refractivity contribution is 7.98. The lowest BCUT2D eigenvalue weighted by atomic mass is 10.1. The maximum atomic E-state index is 11.3. The number of thioether (sulfide) groups is 1. The van der Waals surface area contributed by atoms with Gasteiger partial charge in [0.05, 0.1) is 0 Å². The van der Waals surface area contributed by atoms with E-state index in [1.165, 1.54) is 23.1 Å². The third kappa shape index (κ3) is 2.36. The zero-order valence-electron chi connectivity index (χ0n) is 9.79. The monoisotopic (exact) mass is 290 g/mol. The number of imidazole rings is 1. The highest BCUT2D eigenvalue weighted by Crippen LogP contribution is 2.34. The van der Waals surface area contributed by atoms with Crippen LogP contribution in [-0.2, 0) is 5.75 Å². The molecule has 3 aromatic rings. The van der Waals surface area contributed by atoms with E-state index in [0.29, 0.717) is 10.6 Å². The molecule has 0 bridgehead atoms. The molecule has 0 aliphatic heterocycles. The molecule has 2 aromatic heterocycles. The normalized spacial score (nSPS) is 10.9. The Labute approximate surface area is 117 Å². The van der Waals surface area contributed by atoms with Crippen molar-refractivity contribution in [1.82, 2.24) is 9.97 Å². The zero-order chi connectivity index (χ0) is 13.2. The number of fused-ring (bicyclic) bond motifs is 1. The van der Waals surface area contributed by atoms with Crippen LogP contribution in [0.2, 0.25) is 0 Å². The standard InChI is InChI=1S/C13H10N2O2S2/c16-12(17)11-9(7-18-13-14-5-6-15-13)8-3-1-2-4-10(8)19-11/h1-6H,7H2,(H,14,15)(H,16,17). The zero-order valence-corrected chi connectivity index (χ0v) is 11.4. The van der Waals surface area contributed by atoms with Gasteiger partial charge >= 0.3 is 5.97 Å². The third-order valence-corrected chi connectivity index (χ3v) is 4.85. The van der Waals surface area contributed by atoms with Gasteiger partial charge in [0, 0.05) is 22.8 Å². The fraction of sp³-hybridized carbons (Fsp3) is 0.0769. The summed E-state index contributed by atoms with van der Waals surface area (Å²) in [5, 5.41) is 11.1. The first-order valence-corrected chi connectivity index (χ1v) is 7.42. The highest BCUT2D eigenvalue weighted by Gasteiger charge is 2.17. The Morgan fingerprint density at radius 1 is 1.42 bits per heavy atom. The minimum absolute atomic E-state index is 0.417. The van der Waals surface area contributed by atoms with E-state index in [1.807, 2.05) is 24.3 Å². The van der Waals surface area contributed by atoms with Crippen LogP contribution in [-0.4, -0.2) is 21.0 Å². The van der Waals surface area contributed by atoms with Crippen molar-refractivity contribution in [3.63, 3.8) is 0 Å². The fourth-order valence-corrected chi connectivity index (χ4v) is 3.90. The van der Waals surface area contributed by atoms with Crippen molar-refractivity contribution in [3.8, 4) is 0 Å². The Morgan fingerprint density at radius 3 is 3.00 bits per heavy atom. The molecule has 0 aliphatic carbocycles. The number of aromatic amines is 1. The van der Waals surface area contributed by atoms with E-state index >= 15 is 0 Å². The molecule has 0 fully saturated rings. The number of rotatable bonds is 4. The Bertz CT molecular complexity index is 719. The lowest BCUT2D eigenvalue weighted by molar-refractivity contribution is 0.0701. The largest absolute Gasteiger partial charge is 0.477 e. The number of carbonyl (C=O) groups is 1. The number of hydrogen-bond donors (Lipinski definition) is 2. The fourth-order valence-electron chi connectivity index (χ4n) is 1.89. The first-order chi connectivity index (χ1) is 9.25. The molecule has 0 amide bonds. The lowest BCUT2D eigenvalue weighted by Gasteiger charge is -2.00. The van der Waals surface area contributed by atoms with Crippen LogP contribution in [0.4, 0.5) is 0 Å². The predicted octanol–water partition coefficient (Wildman–Crippen LogP) is 3.61. The molecule has 0 radical (unpaired) electrons. The van der Waals surface area contributed by atoms with Crippen molar-refractivity contribution in [1.29, 1.82) is 0 Å². The van der Waals surface area contributed by atoms with Crippen LogP contribution in [0.15, 0.2) is 41.8 Å². The van der Waals surface area contributed by atoms with Gasteiger partial charge in [-0.25, -0.2) is 9.78 Å². The van der Waals surface area contributed by atoms with Crippen molar-refractivity contribution in [2.24, 2.45) is 0 Å². The summed E-state index contributed by atoms with van der Waals surface area (Å²) in [6.45, 7) is 0. The van der Waals surface area contributed by atoms with Gasteiger partial charge in [-0.2, -0.15) is 0 Å². The molecule has 0 saturated heterocycles. The van der Waals surface area contributed by atoms with E-state index in [2.05, 4.69) is 9.97 Å². The van der Waals surface area contributed by atoms with Gasteiger partial charge in [-0.3, -0.25) is 0 Å². The van der Waals surface area contributed by atoms with E-state index in [1.54, 1.807) is 12.4 Å². The number of carboxylic acid groups (broad SMARTS) is 1. The van der Waals surface area contributed by atoms with Crippen molar-refractivity contribution >= 4 is 39.2 Å².